The molecule has 134 valence electrons. The third kappa shape index (κ3) is 3.76. The first kappa shape index (κ1) is 18.8. The number of hydrogen-bond donors (Lipinski definition) is 2. The molecule has 2 aromatic rings. The van der Waals surface area contributed by atoms with Crippen molar-refractivity contribution >= 4 is 25.3 Å². The van der Waals surface area contributed by atoms with Crippen LogP contribution in [0, 0.1) is 0 Å². The van der Waals surface area contributed by atoms with Gasteiger partial charge in [-0.25, -0.2) is 15.0 Å². The first-order valence-electron chi connectivity index (χ1n) is 8.29. The summed E-state index contributed by atoms with van der Waals surface area (Å²) < 4.78 is 8.11. The molecule has 0 amide bonds. The van der Waals surface area contributed by atoms with Crippen molar-refractivity contribution in [2.24, 2.45) is 0 Å². The fourth-order valence-electron chi connectivity index (χ4n) is 2.38. The highest BCUT2D eigenvalue weighted by atomic mass is 28.4. The van der Waals surface area contributed by atoms with Crippen LogP contribution in [0.25, 0.3) is 11.2 Å². The predicted octanol–water partition coefficient (Wildman–Crippen LogP) is 2.74. The lowest BCUT2D eigenvalue weighted by molar-refractivity contribution is 0.112. The highest BCUT2D eigenvalue weighted by Gasteiger charge is 2.37. The molecule has 3 N–H and O–H groups in total. The average molecular weight is 352 g/mol. The molecule has 0 aromatic carbocycles. The Morgan fingerprint density at radius 2 is 1.96 bits per heavy atom. The third-order valence-electron chi connectivity index (χ3n) is 4.98. The van der Waals surface area contributed by atoms with Gasteiger partial charge in [-0.1, -0.05) is 20.8 Å². The van der Waals surface area contributed by atoms with Gasteiger partial charge in [-0.3, -0.25) is 0 Å². The minimum Gasteiger partial charge on any atom is -0.417 e. The van der Waals surface area contributed by atoms with E-state index >= 15 is 0 Å². The van der Waals surface area contributed by atoms with E-state index in [1.165, 1.54) is 6.33 Å². The molecule has 0 aliphatic rings. The van der Waals surface area contributed by atoms with Gasteiger partial charge in [0.2, 0.25) is 0 Å². The molecule has 0 aliphatic carbocycles. The van der Waals surface area contributed by atoms with E-state index in [4.69, 9.17) is 10.2 Å². The molecule has 2 atom stereocenters. The number of fused-ring (bicyclic) bond motifs is 1. The topological polar surface area (TPSA) is 99.1 Å². The largest absolute Gasteiger partial charge is 0.417 e. The van der Waals surface area contributed by atoms with Gasteiger partial charge in [0, 0.05) is 6.61 Å². The van der Waals surface area contributed by atoms with Gasteiger partial charge in [-0.05, 0) is 31.5 Å². The van der Waals surface area contributed by atoms with E-state index in [1.807, 2.05) is 4.57 Å². The van der Waals surface area contributed by atoms with Crippen LogP contribution in [0.5, 0.6) is 0 Å². The SMILES string of the molecule is CC(O)C(CCO[Si](C)(C)C(C)(C)C)n1cnc2c(N)ncnc21. The number of aliphatic hydroxyl groups is 1. The van der Waals surface area contributed by atoms with E-state index in [0.717, 1.165) is 0 Å². The number of rotatable bonds is 6. The zero-order chi connectivity index (χ0) is 18.1. The second-order valence-corrected chi connectivity index (χ2v) is 12.6. The minimum absolute atomic E-state index is 0.163. The fraction of sp³-hybridized carbons (Fsp3) is 0.688. The average Bonchev–Trinajstić information content (AvgIpc) is 2.87. The molecule has 2 aromatic heterocycles. The molecule has 2 heterocycles. The monoisotopic (exact) mass is 351 g/mol. The molecule has 0 radical (unpaired) electrons. The Labute approximate surface area is 144 Å². The second kappa shape index (κ2) is 6.77. The number of nitrogens with zero attached hydrogens (tertiary/aromatic N) is 4. The Hall–Kier alpha value is -1.51. The first-order valence-corrected chi connectivity index (χ1v) is 11.2. The van der Waals surface area contributed by atoms with E-state index in [1.54, 1.807) is 13.3 Å². The lowest BCUT2D eigenvalue weighted by atomic mass is 10.1. The van der Waals surface area contributed by atoms with Crippen molar-refractivity contribution in [2.75, 3.05) is 12.3 Å². The summed E-state index contributed by atoms with van der Waals surface area (Å²) in [5, 5.41) is 10.4. The number of aromatic nitrogens is 4. The van der Waals surface area contributed by atoms with Crippen LogP contribution in [0.2, 0.25) is 18.1 Å². The zero-order valence-electron chi connectivity index (χ0n) is 15.4. The van der Waals surface area contributed by atoms with Gasteiger partial charge in [0.1, 0.15) is 11.8 Å². The molecule has 0 aliphatic heterocycles. The Balaban J connectivity index is 2.17. The second-order valence-electron chi connectivity index (χ2n) is 7.79. The summed E-state index contributed by atoms with van der Waals surface area (Å²) in [5.41, 5.74) is 7.05. The van der Waals surface area contributed by atoms with Crippen LogP contribution in [0.4, 0.5) is 5.82 Å². The normalized spacial score (nSPS) is 15.6. The minimum atomic E-state index is -1.81. The van der Waals surface area contributed by atoms with Crippen LogP contribution < -0.4 is 5.73 Å². The van der Waals surface area contributed by atoms with E-state index in [9.17, 15) is 5.11 Å². The quantitative estimate of drug-likeness (QED) is 0.776. The van der Waals surface area contributed by atoms with Crippen molar-refractivity contribution in [3.63, 3.8) is 0 Å². The summed E-state index contributed by atoms with van der Waals surface area (Å²) in [5.74, 6) is 0.348. The van der Waals surface area contributed by atoms with Crippen molar-refractivity contribution in [1.29, 1.82) is 0 Å². The summed E-state index contributed by atoms with van der Waals surface area (Å²) in [6.07, 6.45) is 3.21. The number of hydrogen-bond acceptors (Lipinski definition) is 6. The van der Waals surface area contributed by atoms with Crippen molar-refractivity contribution < 1.29 is 9.53 Å². The summed E-state index contributed by atoms with van der Waals surface area (Å²) in [7, 11) is -1.81. The summed E-state index contributed by atoms with van der Waals surface area (Å²) in [6.45, 7) is 13.5. The van der Waals surface area contributed by atoms with Gasteiger partial charge >= 0.3 is 0 Å². The van der Waals surface area contributed by atoms with Gasteiger partial charge in [0.25, 0.3) is 0 Å². The van der Waals surface area contributed by atoms with Gasteiger partial charge in [-0.2, -0.15) is 0 Å². The number of aliphatic hydroxyl groups excluding tert-OH is 1. The smallest absolute Gasteiger partial charge is 0.191 e. The van der Waals surface area contributed by atoms with Gasteiger partial charge in [0.05, 0.1) is 18.5 Å². The van der Waals surface area contributed by atoms with Gasteiger partial charge < -0.3 is 19.8 Å². The van der Waals surface area contributed by atoms with Crippen LogP contribution in [-0.4, -0.2) is 45.7 Å². The predicted molar refractivity (Wildman–Crippen MR) is 98.2 cm³/mol. The molecule has 0 bridgehead atoms. The van der Waals surface area contributed by atoms with E-state index in [2.05, 4.69) is 48.8 Å². The maximum Gasteiger partial charge on any atom is 0.191 e. The van der Waals surface area contributed by atoms with Crippen LogP contribution in [0.15, 0.2) is 12.7 Å². The van der Waals surface area contributed by atoms with Crippen molar-refractivity contribution in [1.82, 2.24) is 19.5 Å². The van der Waals surface area contributed by atoms with Crippen LogP contribution in [0.3, 0.4) is 0 Å². The maximum absolute atomic E-state index is 10.2. The lowest BCUT2D eigenvalue weighted by Gasteiger charge is -2.36. The Morgan fingerprint density at radius 1 is 1.29 bits per heavy atom. The van der Waals surface area contributed by atoms with Crippen molar-refractivity contribution in [2.45, 2.75) is 64.4 Å². The van der Waals surface area contributed by atoms with E-state index in [0.29, 0.717) is 30.0 Å². The highest BCUT2D eigenvalue weighted by molar-refractivity contribution is 6.74. The van der Waals surface area contributed by atoms with Gasteiger partial charge in [0.15, 0.2) is 19.8 Å². The number of anilines is 1. The van der Waals surface area contributed by atoms with E-state index in [-0.39, 0.29) is 11.1 Å². The molecule has 24 heavy (non-hydrogen) atoms. The fourth-order valence-corrected chi connectivity index (χ4v) is 3.44. The molecule has 0 fully saturated rings. The third-order valence-corrected chi connectivity index (χ3v) is 9.52. The Bertz CT molecular complexity index is 693. The molecule has 0 saturated carbocycles. The number of nitrogen functional groups attached to an aromatic ring is 1. The molecule has 8 heteroatoms. The molecule has 2 rings (SSSR count). The summed E-state index contributed by atoms with van der Waals surface area (Å²) in [4.78, 5) is 12.5. The zero-order valence-corrected chi connectivity index (χ0v) is 16.4. The molecule has 7 nitrogen and oxygen atoms in total. The van der Waals surface area contributed by atoms with Crippen molar-refractivity contribution in [3.8, 4) is 0 Å². The highest BCUT2D eigenvalue weighted by Crippen LogP contribution is 2.37. The molecule has 0 saturated heterocycles. The van der Waals surface area contributed by atoms with Crippen LogP contribution in [0.1, 0.15) is 40.2 Å². The Kier molecular flexibility index (Phi) is 5.31. The molecule has 0 spiro atoms. The van der Waals surface area contributed by atoms with Crippen molar-refractivity contribution in [3.05, 3.63) is 12.7 Å². The summed E-state index contributed by atoms with van der Waals surface area (Å²) in [6, 6.07) is -0.172. The summed E-state index contributed by atoms with van der Waals surface area (Å²) >= 11 is 0. The van der Waals surface area contributed by atoms with Gasteiger partial charge in [-0.15, -0.1) is 0 Å². The van der Waals surface area contributed by atoms with Crippen LogP contribution in [-0.2, 0) is 4.43 Å². The lowest BCUT2D eigenvalue weighted by Crippen LogP contribution is -2.41. The number of imidazole rings is 1. The molecule has 2 unspecified atom stereocenters. The Morgan fingerprint density at radius 3 is 2.54 bits per heavy atom. The standard InChI is InChI=1S/C16H29N5O2Si/c1-11(22)12(7-8-23-24(5,6)16(2,3)4)21-10-20-13-14(17)18-9-19-15(13)21/h9-12,22H,7-8H2,1-6H3,(H2,17,18,19). The molecular weight excluding hydrogens is 322 g/mol. The van der Waals surface area contributed by atoms with E-state index < -0.39 is 14.4 Å². The number of nitrogens with two attached hydrogens (primary N) is 1. The molecular formula is C16H29N5O2Si. The van der Waals surface area contributed by atoms with Crippen LogP contribution >= 0.6 is 0 Å². The maximum atomic E-state index is 10.2. The first-order chi connectivity index (χ1) is 11.0.